The van der Waals surface area contributed by atoms with Gasteiger partial charge in [-0.05, 0) is 34.6 Å². The van der Waals surface area contributed by atoms with Crippen molar-refractivity contribution in [1.29, 1.82) is 0 Å². The Hall–Kier alpha value is -0.355. The van der Waals surface area contributed by atoms with E-state index in [1.54, 1.807) is 13.8 Å². The Morgan fingerprint density at radius 2 is 1.67 bits per heavy atom. The van der Waals surface area contributed by atoms with Gasteiger partial charge in [0.25, 0.3) is 0 Å². The topological polar surface area (TPSA) is 58.9 Å². The summed E-state index contributed by atoms with van der Waals surface area (Å²) in [5.41, 5.74) is -0.546. The van der Waals surface area contributed by atoms with E-state index in [2.05, 4.69) is 6.58 Å². The van der Waals surface area contributed by atoms with Crippen molar-refractivity contribution in [2.45, 2.75) is 45.8 Å². The van der Waals surface area contributed by atoms with Gasteiger partial charge in [0.15, 0.2) is 0 Å². The van der Waals surface area contributed by atoms with Crippen LogP contribution < -0.4 is 0 Å². The molecule has 0 aliphatic rings. The highest BCUT2D eigenvalue weighted by Gasteiger charge is 2.41. The van der Waals surface area contributed by atoms with Crippen molar-refractivity contribution < 1.29 is 19.4 Å². The molecule has 0 bridgehead atoms. The molecule has 0 aliphatic heterocycles. The van der Waals surface area contributed by atoms with Gasteiger partial charge in [-0.25, -0.2) is 0 Å². The van der Waals surface area contributed by atoms with Gasteiger partial charge in [-0.3, -0.25) is 0 Å². The minimum absolute atomic E-state index is 0.418. The summed E-state index contributed by atoms with van der Waals surface area (Å²) in [6.07, 6.45) is 0. The zero-order valence-corrected chi connectivity index (χ0v) is 10.2. The molecule has 0 aromatic heterocycles. The van der Waals surface area contributed by atoms with Crippen LogP contribution in [-0.2, 0) is 9.39 Å². The van der Waals surface area contributed by atoms with Crippen molar-refractivity contribution in [1.82, 2.24) is 0 Å². The first-order valence-electron chi connectivity index (χ1n) is 4.91. The molecule has 2 N–H and O–H groups in total. The number of hydrogen-bond acceptors (Lipinski definition) is 4. The smallest absolute Gasteiger partial charge is 0.402 e. The van der Waals surface area contributed by atoms with Crippen molar-refractivity contribution in [3.05, 3.63) is 12.2 Å². The Labute approximate surface area is 92.1 Å². The van der Waals surface area contributed by atoms with Crippen molar-refractivity contribution >= 4 is 7.32 Å². The summed E-state index contributed by atoms with van der Waals surface area (Å²) in [5, 5.41) is 17.6. The Balaban J connectivity index is 4.46. The fourth-order valence-corrected chi connectivity index (χ4v) is 0.883. The average Bonchev–Trinajstić information content (AvgIpc) is 1.98. The fourth-order valence-electron chi connectivity index (χ4n) is 0.883. The second-order valence-electron chi connectivity index (χ2n) is 4.71. The quantitative estimate of drug-likeness (QED) is 0.516. The summed E-state index contributed by atoms with van der Waals surface area (Å²) in [6, 6.07) is 0. The van der Waals surface area contributed by atoms with Crippen LogP contribution in [0.2, 0.25) is 0 Å². The first-order chi connectivity index (χ1) is 6.58. The lowest BCUT2D eigenvalue weighted by Gasteiger charge is -2.41. The lowest BCUT2D eigenvalue weighted by molar-refractivity contribution is -0.141. The molecule has 0 aromatic rings. The fraction of sp³-hybridized carbons (Fsp3) is 0.800. The van der Waals surface area contributed by atoms with E-state index in [0.717, 1.165) is 5.57 Å². The lowest BCUT2D eigenvalue weighted by Crippen LogP contribution is -2.52. The molecule has 88 valence electrons. The van der Waals surface area contributed by atoms with E-state index in [1.165, 1.54) is 0 Å². The second-order valence-corrected chi connectivity index (χ2v) is 4.71. The van der Waals surface area contributed by atoms with Crippen LogP contribution >= 0.6 is 0 Å². The Morgan fingerprint density at radius 3 is 2.00 bits per heavy atom. The molecule has 0 rings (SSSR count). The largest absolute Gasteiger partial charge is 0.634 e. The van der Waals surface area contributed by atoms with E-state index in [1.807, 2.05) is 20.8 Å². The van der Waals surface area contributed by atoms with Crippen LogP contribution in [0.25, 0.3) is 0 Å². The third-order valence-corrected chi connectivity index (χ3v) is 2.53. The first-order valence-corrected chi connectivity index (χ1v) is 4.91. The monoisotopic (exact) mass is 216 g/mol. The van der Waals surface area contributed by atoms with Crippen LogP contribution in [0, 0.1) is 0 Å². The first kappa shape index (κ1) is 14.6. The minimum atomic E-state index is -1.80. The highest BCUT2D eigenvalue weighted by molar-refractivity contribution is 6.32. The van der Waals surface area contributed by atoms with Gasteiger partial charge in [0.2, 0.25) is 0 Å². The van der Waals surface area contributed by atoms with Crippen LogP contribution in [-0.4, -0.2) is 35.2 Å². The zero-order chi connectivity index (χ0) is 12.3. The maximum Gasteiger partial charge on any atom is 0.634 e. The van der Waals surface area contributed by atoms with Crippen molar-refractivity contribution in [3.63, 3.8) is 0 Å². The molecule has 0 atom stereocenters. The van der Waals surface area contributed by atoms with Gasteiger partial charge >= 0.3 is 7.32 Å². The number of rotatable bonds is 6. The highest BCUT2D eigenvalue weighted by atomic mass is 16.6. The summed E-state index contributed by atoms with van der Waals surface area (Å²) in [5.74, 6) is 0. The lowest BCUT2D eigenvalue weighted by atomic mass is 9.87. The van der Waals surface area contributed by atoms with E-state index in [-0.39, 0.29) is 0 Å². The van der Waals surface area contributed by atoms with Gasteiger partial charge < -0.3 is 19.4 Å². The SMILES string of the molecule is C=C(C)COC(C)(C)C(C)(C)OB(O)O. The summed E-state index contributed by atoms with van der Waals surface area (Å²) < 4.78 is 10.6. The molecule has 0 aliphatic carbocycles. The van der Waals surface area contributed by atoms with Gasteiger partial charge in [-0.1, -0.05) is 12.2 Å². The Bertz CT molecular complexity index is 223. The van der Waals surface area contributed by atoms with Crippen LogP contribution in [0.5, 0.6) is 0 Å². The van der Waals surface area contributed by atoms with Crippen LogP contribution in [0.4, 0.5) is 0 Å². The van der Waals surface area contributed by atoms with E-state index >= 15 is 0 Å². The molecule has 0 saturated heterocycles. The molecule has 0 heterocycles. The normalized spacial score (nSPS) is 12.7. The van der Waals surface area contributed by atoms with Crippen LogP contribution in [0.1, 0.15) is 34.6 Å². The summed E-state index contributed by atoms with van der Waals surface area (Å²) >= 11 is 0. The molecular weight excluding hydrogens is 195 g/mol. The third-order valence-electron chi connectivity index (χ3n) is 2.53. The van der Waals surface area contributed by atoms with E-state index in [4.69, 9.17) is 19.4 Å². The standard InChI is InChI=1S/C10H21BO4/c1-8(2)7-14-9(3,4)10(5,6)15-11(12)13/h12-13H,1,7H2,2-6H3. The molecule has 0 radical (unpaired) electrons. The van der Waals surface area contributed by atoms with Crippen LogP contribution in [0.15, 0.2) is 12.2 Å². The molecule has 0 saturated carbocycles. The van der Waals surface area contributed by atoms with Gasteiger partial charge in [0.05, 0.1) is 17.8 Å². The molecule has 0 fully saturated rings. The molecule has 5 heteroatoms. The van der Waals surface area contributed by atoms with Gasteiger partial charge in [0.1, 0.15) is 0 Å². The minimum Gasteiger partial charge on any atom is -0.402 e. The van der Waals surface area contributed by atoms with Crippen molar-refractivity contribution in [2.75, 3.05) is 6.61 Å². The average molecular weight is 216 g/mol. The molecule has 4 nitrogen and oxygen atoms in total. The summed E-state index contributed by atoms with van der Waals surface area (Å²) in [4.78, 5) is 0. The molecule has 0 aromatic carbocycles. The zero-order valence-electron chi connectivity index (χ0n) is 10.2. The summed E-state index contributed by atoms with van der Waals surface area (Å²) in [7, 11) is -1.80. The van der Waals surface area contributed by atoms with Gasteiger partial charge in [0, 0.05) is 0 Å². The predicted octanol–water partition coefficient (Wildman–Crippen LogP) is 1.12. The third kappa shape index (κ3) is 4.79. The molecule has 15 heavy (non-hydrogen) atoms. The van der Waals surface area contributed by atoms with E-state index in [9.17, 15) is 0 Å². The molecule has 0 spiro atoms. The van der Waals surface area contributed by atoms with Crippen LogP contribution in [0.3, 0.4) is 0 Å². The van der Waals surface area contributed by atoms with Crippen molar-refractivity contribution in [2.24, 2.45) is 0 Å². The molecule has 0 unspecified atom stereocenters. The number of hydrogen-bond donors (Lipinski definition) is 2. The van der Waals surface area contributed by atoms with Crippen molar-refractivity contribution in [3.8, 4) is 0 Å². The second kappa shape index (κ2) is 5.12. The van der Waals surface area contributed by atoms with Gasteiger partial charge in [-0.2, -0.15) is 0 Å². The Morgan fingerprint density at radius 1 is 1.20 bits per heavy atom. The highest BCUT2D eigenvalue weighted by Crippen LogP contribution is 2.29. The maximum atomic E-state index is 8.79. The maximum absolute atomic E-state index is 8.79. The molecular formula is C10H21BO4. The number of ether oxygens (including phenoxy) is 1. The van der Waals surface area contributed by atoms with E-state index < -0.39 is 18.5 Å². The molecule has 0 amide bonds. The van der Waals surface area contributed by atoms with E-state index in [0.29, 0.717) is 6.61 Å². The predicted molar refractivity (Wildman–Crippen MR) is 60.2 cm³/mol. The Kier molecular flexibility index (Phi) is 5.00. The summed E-state index contributed by atoms with van der Waals surface area (Å²) in [6.45, 7) is 13.2. The van der Waals surface area contributed by atoms with Gasteiger partial charge in [-0.15, -0.1) is 0 Å².